The van der Waals surface area contributed by atoms with Gasteiger partial charge in [0.25, 0.3) is 0 Å². The lowest BCUT2D eigenvalue weighted by atomic mass is 10.2. The minimum Gasteiger partial charge on any atom is -0.444 e. The Morgan fingerprint density at radius 3 is 2.59 bits per heavy atom. The average Bonchev–Trinajstić information content (AvgIpc) is 3.03. The fraction of sp³-hybridized carbons (Fsp3) is 0.650. The molecule has 0 spiro atoms. The highest BCUT2D eigenvalue weighted by Crippen LogP contribution is 2.31. The first-order chi connectivity index (χ1) is 12.9. The number of fused-ring (bicyclic) bond motifs is 1. The molecule has 3 rings (SSSR count). The molecule has 3 heterocycles. The van der Waals surface area contributed by atoms with E-state index in [0.717, 1.165) is 35.5 Å². The monoisotopic (exact) mass is 390 g/mol. The Bertz CT molecular complexity index is 776. The predicted octanol–water partition coefficient (Wildman–Crippen LogP) is 4.48. The van der Waals surface area contributed by atoms with Gasteiger partial charge in [0.05, 0.1) is 5.39 Å². The third kappa shape index (κ3) is 5.09. The number of ether oxygens (including phenoxy) is 1. The summed E-state index contributed by atoms with van der Waals surface area (Å²) in [5, 5.41) is 1.14. The number of hydrogen-bond donors (Lipinski definition) is 0. The highest BCUT2D eigenvalue weighted by atomic mass is 32.1. The van der Waals surface area contributed by atoms with Crippen LogP contribution in [0.4, 0.5) is 10.6 Å². The van der Waals surface area contributed by atoms with E-state index in [2.05, 4.69) is 27.9 Å². The minimum absolute atomic E-state index is 0.233. The molecular formula is C20H30N4O2S. The smallest absolute Gasteiger partial charge is 0.410 e. The van der Waals surface area contributed by atoms with Crippen LogP contribution in [0.5, 0.6) is 0 Å². The topological polar surface area (TPSA) is 58.6 Å². The van der Waals surface area contributed by atoms with Crippen LogP contribution in [-0.2, 0) is 11.2 Å². The predicted molar refractivity (Wildman–Crippen MR) is 111 cm³/mol. The van der Waals surface area contributed by atoms with Crippen molar-refractivity contribution in [2.75, 3.05) is 31.1 Å². The lowest BCUT2D eigenvalue weighted by Gasteiger charge is -2.36. The lowest BCUT2D eigenvalue weighted by Crippen LogP contribution is -2.50. The number of unbranched alkanes of at least 4 members (excludes halogenated alkanes) is 2. The van der Waals surface area contributed by atoms with Crippen LogP contribution < -0.4 is 4.90 Å². The molecule has 0 aliphatic carbocycles. The van der Waals surface area contributed by atoms with Crippen molar-refractivity contribution >= 4 is 33.5 Å². The molecule has 0 radical (unpaired) electrons. The number of aryl methyl sites for hydroxylation is 1. The fourth-order valence-electron chi connectivity index (χ4n) is 3.24. The number of piperazine rings is 1. The summed E-state index contributed by atoms with van der Waals surface area (Å²) in [5.74, 6) is 0.988. The second-order valence-corrected chi connectivity index (χ2v) is 9.16. The Hall–Kier alpha value is -1.89. The molecule has 0 N–H and O–H groups in total. The number of hydrogen-bond acceptors (Lipinski definition) is 6. The molecule has 0 saturated carbocycles. The molecule has 0 bridgehead atoms. The first-order valence-corrected chi connectivity index (χ1v) is 10.7. The van der Waals surface area contributed by atoms with Gasteiger partial charge >= 0.3 is 6.09 Å². The molecule has 27 heavy (non-hydrogen) atoms. The summed E-state index contributed by atoms with van der Waals surface area (Å²) >= 11 is 1.78. The number of amides is 1. The van der Waals surface area contributed by atoms with Crippen molar-refractivity contribution in [3.05, 3.63) is 17.3 Å². The lowest BCUT2D eigenvalue weighted by molar-refractivity contribution is 0.0240. The van der Waals surface area contributed by atoms with Crippen molar-refractivity contribution in [3.63, 3.8) is 0 Å². The van der Waals surface area contributed by atoms with Crippen LogP contribution in [0.15, 0.2) is 12.4 Å². The van der Waals surface area contributed by atoms with Crippen LogP contribution in [-0.4, -0.2) is 52.7 Å². The first-order valence-electron chi connectivity index (χ1n) is 9.83. The zero-order chi connectivity index (χ0) is 19.4. The number of nitrogens with zero attached hydrogens (tertiary/aromatic N) is 4. The maximum Gasteiger partial charge on any atom is 0.410 e. The van der Waals surface area contributed by atoms with Gasteiger partial charge in [-0.15, -0.1) is 11.3 Å². The third-order valence-electron chi connectivity index (χ3n) is 4.62. The molecule has 1 aliphatic rings. The van der Waals surface area contributed by atoms with Crippen molar-refractivity contribution in [2.45, 2.75) is 59.0 Å². The molecule has 2 aromatic rings. The van der Waals surface area contributed by atoms with Gasteiger partial charge in [-0.1, -0.05) is 19.8 Å². The summed E-state index contributed by atoms with van der Waals surface area (Å²) in [7, 11) is 0. The molecule has 148 valence electrons. The summed E-state index contributed by atoms with van der Waals surface area (Å²) in [5.41, 5.74) is -0.460. The summed E-state index contributed by atoms with van der Waals surface area (Å²) in [6.07, 6.45) is 6.26. The van der Waals surface area contributed by atoms with E-state index in [1.165, 1.54) is 24.1 Å². The van der Waals surface area contributed by atoms with Gasteiger partial charge in [0.1, 0.15) is 22.6 Å². The molecule has 0 unspecified atom stereocenters. The number of rotatable bonds is 5. The van der Waals surface area contributed by atoms with Crippen molar-refractivity contribution in [2.24, 2.45) is 0 Å². The molecule has 2 aromatic heterocycles. The molecular weight excluding hydrogens is 360 g/mol. The zero-order valence-electron chi connectivity index (χ0n) is 16.8. The first kappa shape index (κ1) is 19.9. The number of thiophene rings is 1. The summed E-state index contributed by atoms with van der Waals surface area (Å²) in [6, 6.07) is 2.26. The van der Waals surface area contributed by atoms with Gasteiger partial charge in [0.2, 0.25) is 0 Å². The zero-order valence-corrected chi connectivity index (χ0v) is 17.6. The van der Waals surface area contributed by atoms with Crippen molar-refractivity contribution < 1.29 is 9.53 Å². The van der Waals surface area contributed by atoms with E-state index < -0.39 is 5.60 Å². The maximum absolute atomic E-state index is 12.3. The average molecular weight is 391 g/mol. The molecule has 7 heteroatoms. The SMILES string of the molecule is CCCCCc1cc2c(N3CCN(C(=O)OC(C)(C)C)CC3)ncnc2s1. The quantitative estimate of drug-likeness (QED) is 0.705. The summed E-state index contributed by atoms with van der Waals surface area (Å²) in [4.78, 5) is 27.8. The molecule has 1 amide bonds. The van der Waals surface area contributed by atoms with Crippen LogP contribution in [0.2, 0.25) is 0 Å². The number of carbonyl (C=O) groups is 1. The number of aromatic nitrogens is 2. The molecule has 1 fully saturated rings. The van der Waals surface area contributed by atoms with E-state index in [9.17, 15) is 4.79 Å². The van der Waals surface area contributed by atoms with Gasteiger partial charge in [-0.25, -0.2) is 14.8 Å². The normalized spacial score (nSPS) is 15.4. The molecule has 1 saturated heterocycles. The van der Waals surface area contributed by atoms with Crippen LogP contribution in [0.1, 0.15) is 51.8 Å². The Morgan fingerprint density at radius 1 is 1.19 bits per heavy atom. The summed E-state index contributed by atoms with van der Waals surface area (Å²) < 4.78 is 5.48. The molecule has 1 aliphatic heterocycles. The fourth-order valence-corrected chi connectivity index (χ4v) is 4.28. The summed E-state index contributed by atoms with van der Waals surface area (Å²) in [6.45, 7) is 10.7. The van der Waals surface area contributed by atoms with Crippen molar-refractivity contribution in [3.8, 4) is 0 Å². The van der Waals surface area contributed by atoms with Crippen LogP contribution in [0, 0.1) is 0 Å². The van der Waals surface area contributed by atoms with Crippen LogP contribution in [0.3, 0.4) is 0 Å². The van der Waals surface area contributed by atoms with Gasteiger partial charge in [0.15, 0.2) is 0 Å². The van der Waals surface area contributed by atoms with Crippen LogP contribution in [0.25, 0.3) is 10.2 Å². The van der Waals surface area contributed by atoms with Gasteiger partial charge in [0, 0.05) is 31.1 Å². The second-order valence-electron chi connectivity index (χ2n) is 8.04. The van der Waals surface area contributed by atoms with Gasteiger partial charge in [-0.05, 0) is 39.7 Å². The second kappa shape index (κ2) is 8.42. The van der Waals surface area contributed by atoms with Gasteiger partial charge < -0.3 is 14.5 Å². The highest BCUT2D eigenvalue weighted by Gasteiger charge is 2.27. The molecule has 0 atom stereocenters. The van der Waals surface area contributed by atoms with E-state index >= 15 is 0 Å². The highest BCUT2D eigenvalue weighted by molar-refractivity contribution is 7.18. The Kier molecular flexibility index (Phi) is 6.19. The Balaban J connectivity index is 1.67. The van der Waals surface area contributed by atoms with E-state index in [1.807, 2.05) is 20.8 Å². The third-order valence-corrected chi connectivity index (χ3v) is 5.72. The minimum atomic E-state index is -0.460. The Morgan fingerprint density at radius 2 is 1.93 bits per heavy atom. The van der Waals surface area contributed by atoms with Gasteiger partial charge in [-0.2, -0.15) is 0 Å². The van der Waals surface area contributed by atoms with E-state index in [0.29, 0.717) is 13.1 Å². The van der Waals surface area contributed by atoms with Gasteiger partial charge in [-0.3, -0.25) is 0 Å². The Labute approximate surface area is 165 Å². The van der Waals surface area contributed by atoms with Crippen molar-refractivity contribution in [1.29, 1.82) is 0 Å². The van der Waals surface area contributed by atoms with E-state index in [-0.39, 0.29) is 6.09 Å². The van der Waals surface area contributed by atoms with E-state index in [1.54, 1.807) is 22.6 Å². The number of anilines is 1. The molecule has 0 aromatic carbocycles. The maximum atomic E-state index is 12.3. The number of carbonyl (C=O) groups excluding carboxylic acids is 1. The van der Waals surface area contributed by atoms with Crippen molar-refractivity contribution in [1.82, 2.24) is 14.9 Å². The molecule has 6 nitrogen and oxygen atoms in total. The van der Waals surface area contributed by atoms with Crippen LogP contribution >= 0.6 is 11.3 Å². The van der Waals surface area contributed by atoms with E-state index in [4.69, 9.17) is 4.74 Å². The largest absolute Gasteiger partial charge is 0.444 e. The standard InChI is InChI=1S/C20H30N4O2S/c1-5-6-7-8-15-13-16-17(21-14-22-18(16)27-15)23-9-11-24(12-10-23)19(25)26-20(2,3)4/h13-14H,5-12H2,1-4H3.